The number of rotatable bonds is 2. The molecule has 6 nitrogen and oxygen atoms in total. The molecule has 1 rings (SSSR count). The van der Waals surface area contributed by atoms with Gasteiger partial charge in [0.2, 0.25) is 0 Å². The predicted octanol–water partition coefficient (Wildman–Crippen LogP) is -0.701. The Kier molecular flexibility index (Phi) is 8.45. The Balaban J connectivity index is 0.000000292. The van der Waals surface area contributed by atoms with E-state index in [0.29, 0.717) is 6.10 Å². The van der Waals surface area contributed by atoms with Gasteiger partial charge in [-0.2, -0.15) is 8.42 Å². The van der Waals surface area contributed by atoms with E-state index in [-0.39, 0.29) is 0 Å². The topological polar surface area (TPSA) is 95.9 Å². The summed E-state index contributed by atoms with van der Waals surface area (Å²) in [6, 6.07) is 0. The monoisotopic (exact) mass is 235 g/mol. The number of hydrogen-bond acceptors (Lipinski definition) is 4. The van der Waals surface area contributed by atoms with E-state index in [1.54, 1.807) is 0 Å². The SMILES string of the molecule is O=S(=O)(O)O.[Na][CH2]CC1CNCCO1. The van der Waals surface area contributed by atoms with Gasteiger partial charge in [0.15, 0.2) is 0 Å². The summed E-state index contributed by atoms with van der Waals surface area (Å²) in [7, 11) is -4.67. The summed E-state index contributed by atoms with van der Waals surface area (Å²) in [6.07, 6.45) is 1.79. The molecule has 1 saturated heterocycles. The predicted molar refractivity (Wildman–Crippen MR) is 52.0 cm³/mol. The van der Waals surface area contributed by atoms with Gasteiger partial charge in [-0.05, 0) is 0 Å². The normalized spacial score (nSPS) is 22.4. The Hall–Kier alpha value is 0.790. The average Bonchev–Trinajstić information content (AvgIpc) is 2.03. The van der Waals surface area contributed by atoms with Gasteiger partial charge in [-0.1, -0.05) is 0 Å². The van der Waals surface area contributed by atoms with Gasteiger partial charge < -0.3 is 0 Å². The Morgan fingerprint density at radius 2 is 2.07 bits per heavy atom. The van der Waals surface area contributed by atoms with Crippen molar-refractivity contribution in [3.05, 3.63) is 0 Å². The molecule has 1 unspecified atom stereocenters. The molecular formula is C6H14NNaO5S. The van der Waals surface area contributed by atoms with E-state index in [1.807, 2.05) is 0 Å². The molecule has 1 fully saturated rings. The zero-order chi connectivity index (χ0) is 11.0. The van der Waals surface area contributed by atoms with E-state index in [4.69, 9.17) is 22.3 Å². The van der Waals surface area contributed by atoms with Crippen molar-refractivity contribution in [2.24, 2.45) is 0 Å². The van der Waals surface area contributed by atoms with Crippen LogP contribution >= 0.6 is 0 Å². The molecule has 80 valence electrons. The third-order valence-corrected chi connectivity index (χ3v) is 2.19. The first-order chi connectivity index (χ1) is 6.43. The average molecular weight is 235 g/mol. The Morgan fingerprint density at radius 1 is 1.50 bits per heavy atom. The second-order valence-electron chi connectivity index (χ2n) is 2.93. The maximum absolute atomic E-state index is 8.74. The van der Waals surface area contributed by atoms with Crippen LogP contribution in [0.15, 0.2) is 0 Å². The molecule has 1 atom stereocenters. The molecule has 1 aliphatic rings. The zero-order valence-electron chi connectivity index (χ0n) is 8.14. The van der Waals surface area contributed by atoms with Crippen molar-refractivity contribution >= 4 is 38.3 Å². The van der Waals surface area contributed by atoms with E-state index < -0.39 is 10.4 Å². The molecule has 14 heavy (non-hydrogen) atoms. The van der Waals surface area contributed by atoms with Crippen LogP contribution < -0.4 is 5.32 Å². The summed E-state index contributed by atoms with van der Waals surface area (Å²) in [5.41, 5.74) is 0. The number of hydrogen-bond donors (Lipinski definition) is 3. The van der Waals surface area contributed by atoms with Gasteiger partial charge in [0.05, 0.1) is 0 Å². The summed E-state index contributed by atoms with van der Waals surface area (Å²) in [6.45, 7) is 3.02. The Bertz CT molecular complexity index is 216. The number of nitrogens with one attached hydrogen (secondary N) is 1. The standard InChI is InChI=1S/C6H12NO.Na.H2O4S/c1-2-6-5-7-3-4-8-6;;1-5(2,3)4/h6-7H,1-5H2;;(H2,1,2,3,4). The van der Waals surface area contributed by atoms with Gasteiger partial charge in [-0.3, -0.25) is 9.11 Å². The van der Waals surface area contributed by atoms with Crippen molar-refractivity contribution in [3.8, 4) is 0 Å². The van der Waals surface area contributed by atoms with Gasteiger partial charge in [0.25, 0.3) is 0 Å². The summed E-state index contributed by atoms with van der Waals surface area (Å²) in [5.74, 6) is 0. The third kappa shape index (κ3) is 12.8. The summed E-state index contributed by atoms with van der Waals surface area (Å²) < 4.78 is 38.4. The molecule has 0 saturated carbocycles. The van der Waals surface area contributed by atoms with Crippen molar-refractivity contribution in [2.75, 3.05) is 19.7 Å². The number of morpholine rings is 1. The molecule has 0 aromatic carbocycles. The quantitative estimate of drug-likeness (QED) is 0.432. The van der Waals surface area contributed by atoms with Gasteiger partial charge >= 0.3 is 84.3 Å². The van der Waals surface area contributed by atoms with Gasteiger partial charge in [-0.25, -0.2) is 0 Å². The van der Waals surface area contributed by atoms with Crippen LogP contribution in [0.4, 0.5) is 0 Å². The molecule has 0 aromatic heterocycles. The molecule has 0 amide bonds. The molecule has 1 aliphatic heterocycles. The molecule has 0 aliphatic carbocycles. The van der Waals surface area contributed by atoms with E-state index >= 15 is 0 Å². The molecular weight excluding hydrogens is 221 g/mol. The summed E-state index contributed by atoms with van der Waals surface area (Å²) in [4.78, 5) is 0. The molecule has 0 radical (unpaired) electrons. The molecule has 1 heterocycles. The zero-order valence-corrected chi connectivity index (χ0v) is 11.0. The first-order valence-electron chi connectivity index (χ1n) is 4.45. The van der Waals surface area contributed by atoms with Crippen LogP contribution in [0.25, 0.3) is 0 Å². The van der Waals surface area contributed by atoms with Crippen molar-refractivity contribution in [3.63, 3.8) is 0 Å². The fourth-order valence-corrected chi connectivity index (χ4v) is 1.77. The summed E-state index contributed by atoms with van der Waals surface area (Å²) in [5, 5.41) is 3.31. The number of ether oxygens (including phenoxy) is 1. The minimum absolute atomic E-state index is 0.524. The first kappa shape index (κ1) is 14.8. The second-order valence-corrected chi connectivity index (χ2v) is 4.83. The third-order valence-electron chi connectivity index (χ3n) is 1.62. The van der Waals surface area contributed by atoms with Crippen LogP contribution in [0.5, 0.6) is 0 Å². The van der Waals surface area contributed by atoms with Crippen LogP contribution in [0, 0.1) is 0 Å². The van der Waals surface area contributed by atoms with Crippen LogP contribution in [-0.2, 0) is 15.1 Å². The molecule has 0 bridgehead atoms. The van der Waals surface area contributed by atoms with Crippen LogP contribution in [0.3, 0.4) is 0 Å². The molecule has 0 aromatic rings. The molecule has 8 heteroatoms. The second kappa shape index (κ2) is 8.00. The first-order valence-corrected chi connectivity index (χ1v) is 7.26. The van der Waals surface area contributed by atoms with Gasteiger partial charge in [-0.15, -0.1) is 0 Å². The van der Waals surface area contributed by atoms with E-state index in [9.17, 15) is 0 Å². The van der Waals surface area contributed by atoms with Crippen LogP contribution in [0.1, 0.15) is 6.42 Å². The van der Waals surface area contributed by atoms with Gasteiger partial charge in [0, 0.05) is 0 Å². The minimum atomic E-state index is -4.67. The van der Waals surface area contributed by atoms with Crippen LogP contribution in [-0.4, -0.2) is 71.3 Å². The Morgan fingerprint density at radius 3 is 2.43 bits per heavy atom. The fourth-order valence-electron chi connectivity index (χ4n) is 1.13. The van der Waals surface area contributed by atoms with Crippen LogP contribution in [0.2, 0.25) is 3.67 Å². The van der Waals surface area contributed by atoms with Crippen molar-refractivity contribution in [1.82, 2.24) is 5.32 Å². The molecule has 0 spiro atoms. The van der Waals surface area contributed by atoms with Crippen molar-refractivity contribution in [2.45, 2.75) is 16.2 Å². The fraction of sp³-hybridized carbons (Fsp3) is 1.00. The summed E-state index contributed by atoms with van der Waals surface area (Å²) >= 11 is 1.31. The van der Waals surface area contributed by atoms with Gasteiger partial charge in [0.1, 0.15) is 0 Å². The maximum atomic E-state index is 8.74. The van der Waals surface area contributed by atoms with E-state index in [0.717, 1.165) is 19.7 Å². The van der Waals surface area contributed by atoms with Crippen molar-refractivity contribution < 1.29 is 22.3 Å². The van der Waals surface area contributed by atoms with E-state index in [1.165, 1.54) is 38.0 Å². The molecule has 3 N–H and O–H groups in total. The van der Waals surface area contributed by atoms with Crippen molar-refractivity contribution in [1.29, 1.82) is 0 Å². The Labute approximate surface area is 101 Å². The van der Waals surface area contributed by atoms with E-state index in [2.05, 4.69) is 5.32 Å².